The van der Waals surface area contributed by atoms with Gasteiger partial charge in [0.05, 0.1) is 4.90 Å². The number of hydrogen-bond donors (Lipinski definition) is 2. The molecule has 1 amide bonds. The van der Waals surface area contributed by atoms with Crippen molar-refractivity contribution < 1.29 is 17.4 Å². The van der Waals surface area contributed by atoms with Crippen LogP contribution in [0.4, 0.5) is 0 Å². The number of carbonyl (C=O) groups excluding carboxylic acids is 1. The molecule has 0 bridgehead atoms. The Morgan fingerprint density at radius 1 is 1.29 bits per heavy atom. The van der Waals surface area contributed by atoms with Gasteiger partial charge in [0.1, 0.15) is 0 Å². The van der Waals surface area contributed by atoms with Gasteiger partial charge in [0, 0.05) is 34.4 Å². The predicted octanol–water partition coefficient (Wildman–Crippen LogP) is 0.449. The molecule has 21 heavy (non-hydrogen) atoms. The van der Waals surface area contributed by atoms with Crippen LogP contribution in [0.3, 0.4) is 0 Å². The summed E-state index contributed by atoms with van der Waals surface area (Å²) in [4.78, 5) is 12.0. The minimum absolute atomic E-state index is 0.0598. The maximum absolute atomic E-state index is 12.1. The van der Waals surface area contributed by atoms with Crippen LogP contribution in [0.5, 0.6) is 0 Å². The fourth-order valence-corrected chi connectivity index (χ4v) is 3.31. The van der Waals surface area contributed by atoms with E-state index in [1.807, 2.05) is 0 Å². The number of primary sulfonamides is 1. The van der Waals surface area contributed by atoms with Gasteiger partial charge in [-0.05, 0) is 31.0 Å². The lowest BCUT2D eigenvalue weighted by Gasteiger charge is -2.11. The summed E-state index contributed by atoms with van der Waals surface area (Å²) >= 11 is 0. The molecule has 1 atom stereocenters. The second-order valence-electron chi connectivity index (χ2n) is 4.67. The Morgan fingerprint density at radius 2 is 1.90 bits per heavy atom. The number of carbonyl (C=O) groups is 1. The van der Waals surface area contributed by atoms with Crippen molar-refractivity contribution in [3.63, 3.8) is 0 Å². The molecule has 1 rings (SSSR count). The smallest absolute Gasteiger partial charge is 0.251 e. The predicted molar refractivity (Wildman–Crippen MR) is 83.2 cm³/mol. The molecule has 0 radical (unpaired) electrons. The second-order valence-corrected chi connectivity index (χ2v) is 8.06. The van der Waals surface area contributed by atoms with E-state index in [-0.39, 0.29) is 17.0 Å². The zero-order valence-corrected chi connectivity index (χ0v) is 13.9. The fraction of sp³-hybridized carbons (Fsp3) is 0.462. The first-order valence-electron chi connectivity index (χ1n) is 6.44. The summed E-state index contributed by atoms with van der Waals surface area (Å²) in [5.41, 5.74) is 1.42. The summed E-state index contributed by atoms with van der Waals surface area (Å²) in [6.45, 7) is 5.43. The zero-order valence-electron chi connectivity index (χ0n) is 12.3. The molecule has 118 valence electrons. The number of sulfonamides is 1. The van der Waals surface area contributed by atoms with E-state index in [9.17, 15) is 17.4 Å². The average molecular weight is 332 g/mol. The number of nitrogens with one attached hydrogen (secondary N) is 1. The van der Waals surface area contributed by atoms with Crippen LogP contribution in [-0.2, 0) is 20.8 Å². The van der Waals surface area contributed by atoms with Crippen molar-refractivity contribution in [3.05, 3.63) is 28.8 Å². The Labute approximate surface area is 127 Å². The molecular weight excluding hydrogens is 312 g/mol. The highest BCUT2D eigenvalue weighted by Gasteiger charge is 2.17. The number of amides is 1. The van der Waals surface area contributed by atoms with Crippen LogP contribution in [0.25, 0.3) is 0 Å². The number of benzene rings is 1. The van der Waals surface area contributed by atoms with Crippen molar-refractivity contribution in [2.24, 2.45) is 5.14 Å². The van der Waals surface area contributed by atoms with E-state index < -0.39 is 26.7 Å². The van der Waals surface area contributed by atoms with Crippen LogP contribution in [0, 0.1) is 13.8 Å². The lowest BCUT2D eigenvalue weighted by atomic mass is 10.1. The van der Waals surface area contributed by atoms with Crippen molar-refractivity contribution >= 4 is 26.7 Å². The van der Waals surface area contributed by atoms with E-state index in [1.165, 1.54) is 6.07 Å². The molecule has 1 aromatic rings. The van der Waals surface area contributed by atoms with E-state index in [0.717, 1.165) is 0 Å². The summed E-state index contributed by atoms with van der Waals surface area (Å²) < 4.78 is 34.3. The highest BCUT2D eigenvalue weighted by atomic mass is 32.2. The number of hydrogen-bond acceptors (Lipinski definition) is 4. The van der Waals surface area contributed by atoms with Crippen molar-refractivity contribution in [2.75, 3.05) is 18.1 Å². The van der Waals surface area contributed by atoms with Crippen LogP contribution >= 0.6 is 0 Å². The van der Waals surface area contributed by atoms with Gasteiger partial charge in [0.15, 0.2) is 0 Å². The summed E-state index contributed by atoms with van der Waals surface area (Å²) in [6, 6.07) is 2.89. The molecule has 0 spiro atoms. The fourth-order valence-electron chi connectivity index (χ4n) is 1.90. The van der Waals surface area contributed by atoms with E-state index in [4.69, 9.17) is 5.14 Å². The molecule has 1 aromatic carbocycles. The molecule has 0 saturated heterocycles. The van der Waals surface area contributed by atoms with Gasteiger partial charge in [0.25, 0.3) is 5.91 Å². The van der Waals surface area contributed by atoms with Gasteiger partial charge in [-0.25, -0.2) is 13.6 Å². The van der Waals surface area contributed by atoms with Gasteiger partial charge in [-0.3, -0.25) is 9.00 Å². The van der Waals surface area contributed by atoms with Crippen LogP contribution < -0.4 is 10.5 Å². The molecule has 6 nitrogen and oxygen atoms in total. The minimum Gasteiger partial charge on any atom is -0.351 e. The van der Waals surface area contributed by atoms with E-state index >= 15 is 0 Å². The quantitative estimate of drug-likeness (QED) is 0.788. The Bertz CT molecular complexity index is 669. The third-order valence-corrected chi connectivity index (χ3v) is 5.37. The third kappa shape index (κ3) is 4.90. The van der Waals surface area contributed by atoms with Crippen molar-refractivity contribution in [3.8, 4) is 0 Å². The third-order valence-electron chi connectivity index (χ3n) is 3.01. The summed E-state index contributed by atoms with van der Waals surface area (Å²) in [7, 11) is -4.83. The Balaban J connectivity index is 2.97. The molecule has 0 saturated carbocycles. The molecule has 1 unspecified atom stereocenters. The average Bonchev–Trinajstić information content (AvgIpc) is 2.36. The molecule has 0 aromatic heterocycles. The van der Waals surface area contributed by atoms with E-state index in [2.05, 4.69) is 5.32 Å². The number of nitrogens with two attached hydrogens (primary N) is 1. The van der Waals surface area contributed by atoms with Gasteiger partial charge in [-0.15, -0.1) is 0 Å². The van der Waals surface area contributed by atoms with Crippen molar-refractivity contribution in [1.29, 1.82) is 0 Å². The first kappa shape index (κ1) is 17.8. The number of aryl methyl sites for hydroxylation is 2. The molecular formula is C13H20N2O4S2. The van der Waals surface area contributed by atoms with E-state index in [1.54, 1.807) is 26.8 Å². The molecule has 0 fully saturated rings. The molecule has 8 heteroatoms. The standard InChI is InChI=1S/C13H20N2O4S2/c1-4-20(17)6-5-15-13(16)11-8-12(21(14,18)19)10(3)7-9(11)2/h7-8H,4-6H2,1-3H3,(H,15,16)(H2,14,18,19). The zero-order chi connectivity index (χ0) is 16.2. The van der Waals surface area contributed by atoms with Gasteiger partial charge >= 0.3 is 0 Å². The summed E-state index contributed by atoms with van der Waals surface area (Å²) in [6.07, 6.45) is 0. The van der Waals surface area contributed by atoms with Gasteiger partial charge < -0.3 is 5.32 Å². The topological polar surface area (TPSA) is 106 Å². The lowest BCUT2D eigenvalue weighted by Crippen LogP contribution is -2.29. The van der Waals surface area contributed by atoms with Crippen molar-refractivity contribution in [1.82, 2.24) is 5.32 Å². The molecule has 0 aliphatic carbocycles. The van der Waals surface area contributed by atoms with Crippen LogP contribution in [0.2, 0.25) is 0 Å². The van der Waals surface area contributed by atoms with E-state index in [0.29, 0.717) is 22.6 Å². The molecule has 0 aliphatic heterocycles. The molecule has 3 N–H and O–H groups in total. The first-order valence-corrected chi connectivity index (χ1v) is 9.47. The highest BCUT2D eigenvalue weighted by molar-refractivity contribution is 7.89. The largest absolute Gasteiger partial charge is 0.351 e. The van der Waals surface area contributed by atoms with Gasteiger partial charge in [0.2, 0.25) is 10.0 Å². The highest BCUT2D eigenvalue weighted by Crippen LogP contribution is 2.19. The van der Waals surface area contributed by atoms with Crippen molar-refractivity contribution in [2.45, 2.75) is 25.7 Å². The molecule has 0 aliphatic rings. The van der Waals surface area contributed by atoms with Gasteiger partial charge in [-0.2, -0.15) is 0 Å². The Hall–Kier alpha value is -1.25. The Kier molecular flexibility index (Phi) is 6.06. The lowest BCUT2D eigenvalue weighted by molar-refractivity contribution is 0.0955. The molecule has 0 heterocycles. The number of rotatable bonds is 6. The normalized spacial score (nSPS) is 13.0. The Morgan fingerprint density at radius 3 is 2.43 bits per heavy atom. The minimum atomic E-state index is -3.87. The first-order chi connectivity index (χ1) is 9.66. The van der Waals surface area contributed by atoms with Crippen LogP contribution in [-0.4, -0.2) is 36.6 Å². The van der Waals surface area contributed by atoms with Gasteiger partial charge in [-0.1, -0.05) is 13.0 Å². The summed E-state index contributed by atoms with van der Waals surface area (Å²) in [5, 5.41) is 7.77. The van der Waals surface area contributed by atoms with Crippen LogP contribution in [0.1, 0.15) is 28.4 Å². The summed E-state index contributed by atoms with van der Waals surface area (Å²) in [5.74, 6) is 0.509. The monoisotopic (exact) mass is 332 g/mol. The maximum Gasteiger partial charge on any atom is 0.251 e. The second kappa shape index (κ2) is 7.15. The SMILES string of the molecule is CCS(=O)CCNC(=O)c1cc(S(N)(=O)=O)c(C)cc1C. The van der Waals surface area contributed by atoms with Crippen LogP contribution in [0.15, 0.2) is 17.0 Å². The maximum atomic E-state index is 12.1.